The minimum atomic E-state index is -0.606. The summed E-state index contributed by atoms with van der Waals surface area (Å²) in [6.07, 6.45) is 1.83. The molecule has 18 heavy (non-hydrogen) atoms. The second-order valence-corrected chi connectivity index (χ2v) is 5.03. The van der Waals surface area contributed by atoms with Crippen molar-refractivity contribution in [3.8, 4) is 0 Å². The van der Waals surface area contributed by atoms with Gasteiger partial charge in [0.05, 0.1) is 9.95 Å². The van der Waals surface area contributed by atoms with E-state index in [2.05, 4.69) is 27.9 Å². The number of nitro groups is 1. The van der Waals surface area contributed by atoms with Crippen molar-refractivity contribution in [3.05, 3.63) is 38.9 Å². The maximum absolute atomic E-state index is 11.9. The van der Waals surface area contributed by atoms with Gasteiger partial charge in [-0.15, -0.1) is 0 Å². The number of alkyl halides is 1. The van der Waals surface area contributed by atoms with Crippen molar-refractivity contribution in [1.29, 1.82) is 0 Å². The first-order chi connectivity index (χ1) is 8.57. The molecule has 0 aliphatic carbocycles. The summed E-state index contributed by atoms with van der Waals surface area (Å²) in [7, 11) is 0. The van der Waals surface area contributed by atoms with Crippen molar-refractivity contribution < 1.29 is 9.72 Å². The molecule has 0 spiro atoms. The number of hydrogen-bond donors (Lipinski definition) is 1. The molecule has 7 heteroatoms. The molecule has 1 aromatic carbocycles. The van der Waals surface area contributed by atoms with E-state index in [9.17, 15) is 14.9 Å². The normalized spacial score (nSPS) is 10.1. The number of amides is 1. The fourth-order valence-corrected chi connectivity index (χ4v) is 2.19. The lowest BCUT2D eigenvalue weighted by atomic mass is 10.1. The van der Waals surface area contributed by atoms with Gasteiger partial charge in [0.2, 0.25) is 0 Å². The summed E-state index contributed by atoms with van der Waals surface area (Å²) in [6, 6.07) is 4.19. The lowest BCUT2D eigenvalue weighted by molar-refractivity contribution is -0.385. The number of halogens is 2. The first kappa shape index (κ1) is 15.2. The third-order valence-electron chi connectivity index (χ3n) is 2.26. The summed E-state index contributed by atoms with van der Waals surface area (Å²) in [6.45, 7) is 0.490. The Kier molecular flexibility index (Phi) is 6.34. The maximum atomic E-state index is 11.9. The number of hydrogen-bond acceptors (Lipinski definition) is 3. The zero-order valence-electron chi connectivity index (χ0n) is 9.49. The van der Waals surface area contributed by atoms with Crippen LogP contribution in [0.2, 0.25) is 5.02 Å². The van der Waals surface area contributed by atoms with E-state index in [1.54, 1.807) is 0 Å². The van der Waals surface area contributed by atoms with Gasteiger partial charge < -0.3 is 5.32 Å². The van der Waals surface area contributed by atoms with Gasteiger partial charge in [0.1, 0.15) is 5.56 Å². The van der Waals surface area contributed by atoms with Crippen LogP contribution < -0.4 is 5.32 Å². The van der Waals surface area contributed by atoms with Crippen molar-refractivity contribution in [2.45, 2.75) is 12.8 Å². The molecule has 0 aromatic heterocycles. The molecule has 98 valence electrons. The molecule has 1 aromatic rings. The predicted octanol–water partition coefficient (Wildman–Crippen LogP) is 3.19. The molecule has 1 amide bonds. The minimum Gasteiger partial charge on any atom is -0.352 e. The Bertz CT molecular complexity index is 454. The van der Waals surface area contributed by atoms with Crippen LogP contribution in [0.15, 0.2) is 18.2 Å². The zero-order chi connectivity index (χ0) is 13.5. The monoisotopic (exact) mass is 382 g/mol. The second kappa shape index (κ2) is 7.52. The molecule has 0 aliphatic heterocycles. The number of benzene rings is 1. The molecule has 0 saturated heterocycles. The van der Waals surface area contributed by atoms with E-state index in [4.69, 9.17) is 11.6 Å². The second-order valence-electron chi connectivity index (χ2n) is 3.54. The van der Waals surface area contributed by atoms with Crippen LogP contribution in [-0.2, 0) is 0 Å². The Morgan fingerprint density at radius 3 is 2.78 bits per heavy atom. The number of rotatable bonds is 6. The van der Waals surface area contributed by atoms with Crippen molar-refractivity contribution in [1.82, 2.24) is 5.32 Å². The first-order valence-corrected chi connectivity index (χ1v) is 7.25. The van der Waals surface area contributed by atoms with Crippen molar-refractivity contribution in [2.24, 2.45) is 0 Å². The molecule has 1 rings (SSSR count). The van der Waals surface area contributed by atoms with Gasteiger partial charge >= 0.3 is 0 Å². The van der Waals surface area contributed by atoms with Gasteiger partial charge in [0.25, 0.3) is 11.6 Å². The highest BCUT2D eigenvalue weighted by Crippen LogP contribution is 2.25. The Hall–Kier alpha value is -0.890. The molecule has 1 N–H and O–H groups in total. The molecule has 0 atom stereocenters. The van der Waals surface area contributed by atoms with Crippen LogP contribution in [0.3, 0.4) is 0 Å². The van der Waals surface area contributed by atoms with Crippen molar-refractivity contribution in [2.75, 3.05) is 11.0 Å². The summed E-state index contributed by atoms with van der Waals surface area (Å²) in [5.41, 5.74) is -0.340. The van der Waals surface area contributed by atoms with Crippen molar-refractivity contribution >= 4 is 45.8 Å². The number of unbranched alkanes of at least 4 members (excludes halogenated alkanes) is 1. The Morgan fingerprint density at radius 2 is 2.17 bits per heavy atom. The standard InChI is InChI=1S/C11H12ClIN2O3/c12-8-4-3-5-9(15(17)18)10(8)11(16)14-7-2-1-6-13/h3-5H,1-2,6-7H2,(H,14,16). The molecule has 0 unspecified atom stereocenters. The van der Waals surface area contributed by atoms with Gasteiger partial charge in [-0.3, -0.25) is 14.9 Å². The maximum Gasteiger partial charge on any atom is 0.283 e. The Labute approximate surface area is 123 Å². The number of nitrogens with zero attached hydrogens (tertiary/aromatic N) is 1. The molecule has 0 bridgehead atoms. The Morgan fingerprint density at radius 1 is 1.44 bits per heavy atom. The van der Waals surface area contributed by atoms with E-state index in [-0.39, 0.29) is 16.3 Å². The SMILES string of the molecule is O=C(NCCCCI)c1c(Cl)cccc1[N+](=O)[O-]. The van der Waals surface area contributed by atoms with Crippen LogP contribution in [0.1, 0.15) is 23.2 Å². The fraction of sp³-hybridized carbons (Fsp3) is 0.364. The summed E-state index contributed by atoms with van der Waals surface area (Å²) in [4.78, 5) is 22.1. The van der Waals surface area contributed by atoms with Crippen LogP contribution in [0.5, 0.6) is 0 Å². The van der Waals surface area contributed by atoms with Crippen LogP contribution in [0, 0.1) is 10.1 Å². The molecule has 0 heterocycles. The summed E-state index contributed by atoms with van der Waals surface area (Å²) >= 11 is 8.09. The average molecular weight is 383 g/mol. The van der Waals surface area contributed by atoms with Gasteiger partial charge in [0.15, 0.2) is 0 Å². The van der Waals surface area contributed by atoms with E-state index in [0.29, 0.717) is 6.54 Å². The third-order valence-corrected chi connectivity index (χ3v) is 3.34. The van der Waals surface area contributed by atoms with E-state index < -0.39 is 10.8 Å². The molecule has 0 saturated carbocycles. The van der Waals surface area contributed by atoms with Gasteiger partial charge in [-0.05, 0) is 23.3 Å². The average Bonchev–Trinajstić information content (AvgIpc) is 2.34. The highest BCUT2D eigenvalue weighted by atomic mass is 127. The fourth-order valence-electron chi connectivity index (χ4n) is 1.40. The lowest BCUT2D eigenvalue weighted by Gasteiger charge is -2.06. The van der Waals surface area contributed by atoms with Crippen LogP contribution in [0.25, 0.3) is 0 Å². The molecule has 0 fully saturated rings. The van der Waals surface area contributed by atoms with E-state index in [1.165, 1.54) is 18.2 Å². The minimum absolute atomic E-state index is 0.0707. The topological polar surface area (TPSA) is 72.2 Å². The highest BCUT2D eigenvalue weighted by molar-refractivity contribution is 14.1. The summed E-state index contributed by atoms with van der Waals surface area (Å²) in [5, 5.41) is 13.6. The lowest BCUT2D eigenvalue weighted by Crippen LogP contribution is -2.25. The van der Waals surface area contributed by atoms with E-state index in [0.717, 1.165) is 17.3 Å². The molecular formula is C11H12ClIN2O3. The predicted molar refractivity (Wildman–Crippen MR) is 78.6 cm³/mol. The van der Waals surface area contributed by atoms with Gasteiger partial charge in [-0.25, -0.2) is 0 Å². The van der Waals surface area contributed by atoms with Gasteiger partial charge in [-0.2, -0.15) is 0 Å². The van der Waals surface area contributed by atoms with Crippen LogP contribution >= 0.6 is 34.2 Å². The number of nitro benzene ring substituents is 1. The molecular weight excluding hydrogens is 370 g/mol. The van der Waals surface area contributed by atoms with E-state index in [1.807, 2.05) is 0 Å². The molecule has 0 radical (unpaired) electrons. The third kappa shape index (κ3) is 4.09. The van der Waals surface area contributed by atoms with E-state index >= 15 is 0 Å². The zero-order valence-corrected chi connectivity index (χ0v) is 12.4. The first-order valence-electron chi connectivity index (χ1n) is 5.35. The van der Waals surface area contributed by atoms with Gasteiger partial charge in [-0.1, -0.05) is 40.3 Å². The van der Waals surface area contributed by atoms with Crippen molar-refractivity contribution in [3.63, 3.8) is 0 Å². The highest BCUT2D eigenvalue weighted by Gasteiger charge is 2.22. The molecule has 0 aliphatic rings. The molecule has 5 nitrogen and oxygen atoms in total. The number of carbonyl (C=O) groups excluding carboxylic acids is 1. The Balaban J connectivity index is 2.81. The quantitative estimate of drug-likeness (QED) is 0.270. The number of carbonyl (C=O) groups is 1. The smallest absolute Gasteiger partial charge is 0.283 e. The van der Waals surface area contributed by atoms with Crippen LogP contribution in [-0.4, -0.2) is 21.8 Å². The number of nitrogens with one attached hydrogen (secondary N) is 1. The summed E-state index contributed by atoms with van der Waals surface area (Å²) < 4.78 is 1.01. The van der Waals surface area contributed by atoms with Crippen LogP contribution in [0.4, 0.5) is 5.69 Å². The largest absolute Gasteiger partial charge is 0.352 e. The van der Waals surface area contributed by atoms with Gasteiger partial charge in [0, 0.05) is 12.6 Å². The summed E-state index contributed by atoms with van der Waals surface area (Å²) in [5.74, 6) is -0.499.